The molecule has 0 aliphatic carbocycles. The molecule has 6 rings (SSSR count). The summed E-state index contributed by atoms with van der Waals surface area (Å²) in [4.78, 5) is 23.1. The molecular formula is C33H28N4O3S2. The molecule has 1 unspecified atom stereocenters. The zero-order valence-electron chi connectivity index (χ0n) is 23.4. The van der Waals surface area contributed by atoms with Gasteiger partial charge in [-0.25, -0.2) is 4.98 Å². The summed E-state index contributed by atoms with van der Waals surface area (Å²) in [7, 11) is 3.27. The second-order valence-corrected chi connectivity index (χ2v) is 11.7. The highest BCUT2D eigenvalue weighted by molar-refractivity contribution is 8.00. The highest BCUT2D eigenvalue weighted by atomic mass is 32.2. The maximum Gasteiger partial charge on any atom is 0.245 e. The summed E-state index contributed by atoms with van der Waals surface area (Å²) in [6.07, 6.45) is 0.596. The van der Waals surface area contributed by atoms with Gasteiger partial charge in [-0.3, -0.25) is 9.69 Å². The van der Waals surface area contributed by atoms with Gasteiger partial charge in [0.2, 0.25) is 11.1 Å². The van der Waals surface area contributed by atoms with E-state index < -0.39 is 5.25 Å². The van der Waals surface area contributed by atoms with Crippen molar-refractivity contribution in [2.75, 3.05) is 19.1 Å². The number of hydrogen-bond acceptors (Lipinski definition) is 8. The molecule has 1 amide bonds. The Morgan fingerprint density at radius 3 is 1.81 bits per heavy atom. The van der Waals surface area contributed by atoms with Gasteiger partial charge in [-0.05, 0) is 79.2 Å². The maximum absolute atomic E-state index is 14.2. The number of ether oxygens (including phenoxy) is 2. The molecule has 5 aromatic rings. The van der Waals surface area contributed by atoms with Crippen molar-refractivity contribution >= 4 is 40.8 Å². The Kier molecular flexibility index (Phi) is 8.12. The molecule has 0 spiro atoms. The number of benzene rings is 4. The van der Waals surface area contributed by atoms with Crippen molar-refractivity contribution in [2.45, 2.75) is 33.5 Å². The number of anilines is 2. The Balaban J connectivity index is 1.37. The molecule has 9 heteroatoms. The molecule has 1 aromatic heterocycles. The van der Waals surface area contributed by atoms with Crippen LogP contribution in [-0.2, 0) is 4.79 Å². The quantitative estimate of drug-likeness (QED) is 0.168. The highest BCUT2D eigenvalue weighted by Gasteiger charge is 2.33. The topological polar surface area (TPSA) is 77.4 Å². The molecule has 2 heterocycles. The molecule has 1 aliphatic heterocycles. The smallest absolute Gasteiger partial charge is 0.245 e. The average molecular weight is 593 g/mol. The normalized spacial score (nSPS) is 12.7. The Labute approximate surface area is 253 Å². The fourth-order valence-electron chi connectivity index (χ4n) is 4.78. The Bertz CT molecular complexity index is 1680. The van der Waals surface area contributed by atoms with Gasteiger partial charge in [0, 0.05) is 20.9 Å². The van der Waals surface area contributed by atoms with E-state index >= 15 is 0 Å². The van der Waals surface area contributed by atoms with Crippen molar-refractivity contribution in [1.82, 2.24) is 15.2 Å². The minimum Gasteiger partial charge on any atom is -0.497 e. The molecule has 0 N–H and O–H groups in total. The minimum atomic E-state index is -0.424. The second-order valence-electron chi connectivity index (χ2n) is 9.47. The average Bonchev–Trinajstić information content (AvgIpc) is 3.05. The summed E-state index contributed by atoms with van der Waals surface area (Å²) in [5.74, 6) is 1.48. The third kappa shape index (κ3) is 5.45. The van der Waals surface area contributed by atoms with E-state index in [2.05, 4.69) is 22.3 Å². The van der Waals surface area contributed by atoms with E-state index in [9.17, 15) is 4.79 Å². The van der Waals surface area contributed by atoms with Crippen LogP contribution in [0.5, 0.6) is 11.5 Å². The third-order valence-corrected chi connectivity index (χ3v) is 9.27. The fourth-order valence-corrected chi connectivity index (χ4v) is 6.69. The fraction of sp³-hybridized carbons (Fsp3) is 0.152. The molecule has 0 bridgehead atoms. The van der Waals surface area contributed by atoms with Crippen molar-refractivity contribution in [2.24, 2.45) is 0 Å². The summed E-state index contributed by atoms with van der Waals surface area (Å²) in [5.41, 5.74) is 4.82. The number of aromatic nitrogens is 3. The van der Waals surface area contributed by atoms with Crippen molar-refractivity contribution in [1.29, 1.82) is 0 Å². The van der Waals surface area contributed by atoms with Crippen LogP contribution >= 0.6 is 23.5 Å². The zero-order valence-corrected chi connectivity index (χ0v) is 25.0. The standard InChI is InChI=1S/C33H28N4O3S2/c1-4-27(32(38)37-25-9-5-7-11-28(25)41-29-12-8-6-10-26(29)37)42-33-34-30(21-13-17-23(39-2)18-14-21)31(35-36-33)22-15-19-24(40-3)20-16-22/h5-20,27H,4H2,1-3H3. The predicted octanol–water partition coefficient (Wildman–Crippen LogP) is 7.92. The lowest BCUT2D eigenvalue weighted by atomic mass is 10.0. The number of rotatable bonds is 8. The van der Waals surface area contributed by atoms with Gasteiger partial charge >= 0.3 is 0 Å². The Hall–Kier alpha value is -4.34. The van der Waals surface area contributed by atoms with Crippen LogP contribution in [0, 0.1) is 0 Å². The molecule has 0 saturated heterocycles. The van der Waals surface area contributed by atoms with E-state index in [1.54, 1.807) is 26.0 Å². The van der Waals surface area contributed by atoms with Crippen LogP contribution in [0.2, 0.25) is 0 Å². The number of para-hydroxylation sites is 2. The van der Waals surface area contributed by atoms with Gasteiger partial charge in [0.1, 0.15) is 22.9 Å². The molecule has 4 aromatic carbocycles. The van der Waals surface area contributed by atoms with Gasteiger partial charge in [0.25, 0.3) is 0 Å². The number of fused-ring (bicyclic) bond motifs is 2. The summed E-state index contributed by atoms with van der Waals surface area (Å²) >= 11 is 3.02. The minimum absolute atomic E-state index is 0.0171. The van der Waals surface area contributed by atoms with Crippen molar-refractivity contribution in [3.05, 3.63) is 97.1 Å². The highest BCUT2D eigenvalue weighted by Crippen LogP contribution is 2.48. The van der Waals surface area contributed by atoms with Gasteiger partial charge in [-0.1, -0.05) is 54.7 Å². The van der Waals surface area contributed by atoms with Crippen LogP contribution in [-0.4, -0.2) is 40.6 Å². The van der Waals surface area contributed by atoms with E-state index in [0.29, 0.717) is 23.0 Å². The SMILES string of the molecule is CCC(Sc1nnc(-c2ccc(OC)cc2)c(-c2ccc(OC)cc2)n1)C(=O)N1c2ccccc2Sc2ccccc21. The molecule has 0 saturated carbocycles. The number of carbonyl (C=O) groups excluding carboxylic acids is 1. The van der Waals surface area contributed by atoms with Gasteiger partial charge in [-0.15, -0.1) is 10.2 Å². The number of methoxy groups -OCH3 is 2. The lowest BCUT2D eigenvalue weighted by molar-refractivity contribution is -0.117. The van der Waals surface area contributed by atoms with Gasteiger partial charge in [0.15, 0.2) is 0 Å². The molecule has 210 valence electrons. The van der Waals surface area contributed by atoms with Crippen molar-refractivity contribution in [3.63, 3.8) is 0 Å². The van der Waals surface area contributed by atoms with Gasteiger partial charge < -0.3 is 9.47 Å². The summed E-state index contributed by atoms with van der Waals surface area (Å²) in [5, 5.41) is 9.13. The van der Waals surface area contributed by atoms with Crippen LogP contribution in [0.3, 0.4) is 0 Å². The summed E-state index contributed by atoms with van der Waals surface area (Å²) < 4.78 is 10.7. The van der Waals surface area contributed by atoms with Crippen LogP contribution in [0.4, 0.5) is 11.4 Å². The van der Waals surface area contributed by atoms with E-state index in [-0.39, 0.29) is 5.91 Å². The molecule has 0 radical (unpaired) electrons. The molecule has 42 heavy (non-hydrogen) atoms. The lowest BCUT2D eigenvalue weighted by Gasteiger charge is -2.33. The first-order valence-electron chi connectivity index (χ1n) is 13.5. The number of amides is 1. The van der Waals surface area contributed by atoms with Crippen molar-refractivity contribution < 1.29 is 14.3 Å². The summed E-state index contributed by atoms with van der Waals surface area (Å²) in [6.45, 7) is 2.01. The van der Waals surface area contributed by atoms with Crippen LogP contribution in [0.25, 0.3) is 22.5 Å². The largest absolute Gasteiger partial charge is 0.497 e. The molecule has 0 fully saturated rings. The Morgan fingerprint density at radius 2 is 1.29 bits per heavy atom. The third-order valence-electron chi connectivity index (χ3n) is 6.94. The zero-order chi connectivity index (χ0) is 29.1. The van der Waals surface area contributed by atoms with E-state index in [1.807, 2.05) is 96.8 Å². The molecular weight excluding hydrogens is 565 g/mol. The predicted molar refractivity (Wildman–Crippen MR) is 168 cm³/mol. The van der Waals surface area contributed by atoms with Crippen LogP contribution < -0.4 is 14.4 Å². The number of thioether (sulfide) groups is 1. The maximum atomic E-state index is 14.2. The first-order chi connectivity index (χ1) is 20.6. The van der Waals surface area contributed by atoms with E-state index in [0.717, 1.165) is 43.8 Å². The molecule has 1 atom stereocenters. The summed E-state index contributed by atoms with van der Waals surface area (Å²) in [6, 6.07) is 31.4. The monoisotopic (exact) mass is 592 g/mol. The molecule has 1 aliphatic rings. The van der Waals surface area contributed by atoms with Crippen molar-refractivity contribution in [3.8, 4) is 34.0 Å². The number of hydrogen-bond donors (Lipinski definition) is 0. The molecule has 7 nitrogen and oxygen atoms in total. The lowest BCUT2D eigenvalue weighted by Crippen LogP contribution is -2.35. The van der Waals surface area contributed by atoms with E-state index in [4.69, 9.17) is 14.5 Å². The Morgan fingerprint density at radius 1 is 0.762 bits per heavy atom. The van der Waals surface area contributed by atoms with Gasteiger partial charge in [0.05, 0.1) is 30.8 Å². The van der Waals surface area contributed by atoms with Crippen LogP contribution in [0.1, 0.15) is 13.3 Å². The first kappa shape index (κ1) is 27.8. The number of nitrogens with zero attached hydrogens (tertiary/aromatic N) is 4. The second kappa shape index (κ2) is 12.3. The first-order valence-corrected chi connectivity index (χ1v) is 15.2. The van der Waals surface area contributed by atoms with Gasteiger partial charge in [-0.2, -0.15) is 0 Å². The van der Waals surface area contributed by atoms with E-state index in [1.165, 1.54) is 11.8 Å². The van der Waals surface area contributed by atoms with Crippen LogP contribution in [0.15, 0.2) is 112 Å². The number of carbonyl (C=O) groups is 1.